The van der Waals surface area contributed by atoms with Crippen molar-refractivity contribution < 1.29 is 23.0 Å². The fraction of sp³-hybridized carbons (Fsp3) is 0.500. The van der Waals surface area contributed by atoms with E-state index in [1.165, 1.54) is 6.07 Å². The van der Waals surface area contributed by atoms with Gasteiger partial charge in [-0.1, -0.05) is 18.2 Å². The van der Waals surface area contributed by atoms with Crippen LogP contribution in [0.15, 0.2) is 24.3 Å². The molecule has 1 aromatic carbocycles. The normalized spacial score (nSPS) is 12.2. The van der Waals surface area contributed by atoms with Crippen molar-refractivity contribution in [2.45, 2.75) is 32.0 Å². The largest absolute Gasteiger partial charge is 0.434 e. The minimum absolute atomic E-state index is 0.0424. The molecule has 0 saturated heterocycles. The van der Waals surface area contributed by atoms with Crippen molar-refractivity contribution in [1.82, 2.24) is 5.32 Å². The van der Waals surface area contributed by atoms with Gasteiger partial charge in [0.1, 0.15) is 5.75 Å². The van der Waals surface area contributed by atoms with Gasteiger partial charge in [0.05, 0.1) is 6.04 Å². The number of nitrogens with one attached hydrogen (secondary N) is 1. The number of amides is 1. The zero-order valence-corrected chi connectivity index (χ0v) is 11.9. The second kappa shape index (κ2) is 9.25. The van der Waals surface area contributed by atoms with Crippen LogP contribution in [0.2, 0.25) is 0 Å². The van der Waals surface area contributed by atoms with Crippen LogP contribution in [0.25, 0.3) is 0 Å². The van der Waals surface area contributed by atoms with Gasteiger partial charge in [-0.05, 0) is 18.9 Å². The fourth-order valence-corrected chi connectivity index (χ4v) is 1.75. The summed E-state index contributed by atoms with van der Waals surface area (Å²) in [6.45, 7) is -2.29. The minimum Gasteiger partial charge on any atom is -0.434 e. The van der Waals surface area contributed by atoms with Gasteiger partial charge >= 0.3 is 6.61 Å². The summed E-state index contributed by atoms with van der Waals surface area (Å²) in [6, 6.07) is 5.64. The Kier molecular flexibility index (Phi) is 7.63. The molecule has 1 aromatic rings. The minimum atomic E-state index is -2.90. The zero-order valence-electron chi connectivity index (χ0n) is 11.9. The number of benzene rings is 1. The maximum absolute atomic E-state index is 12.3. The Morgan fingerprint density at radius 3 is 2.76 bits per heavy atom. The lowest BCUT2D eigenvalue weighted by Gasteiger charge is -2.14. The summed E-state index contributed by atoms with van der Waals surface area (Å²) in [5, 5.41) is 2.61. The lowest BCUT2D eigenvalue weighted by molar-refractivity contribution is -0.122. The molecule has 118 valence electrons. The van der Waals surface area contributed by atoms with E-state index in [1.807, 2.05) is 0 Å². The smallest absolute Gasteiger partial charge is 0.387 e. The molecule has 3 N–H and O–H groups in total. The molecule has 5 nitrogen and oxygen atoms in total. The highest BCUT2D eigenvalue weighted by molar-refractivity contribution is 5.81. The van der Waals surface area contributed by atoms with E-state index < -0.39 is 12.7 Å². The van der Waals surface area contributed by atoms with Crippen LogP contribution < -0.4 is 15.8 Å². The van der Waals surface area contributed by atoms with E-state index in [1.54, 1.807) is 25.3 Å². The van der Waals surface area contributed by atoms with Crippen LogP contribution in [0.4, 0.5) is 8.78 Å². The Morgan fingerprint density at radius 2 is 2.10 bits per heavy atom. The van der Waals surface area contributed by atoms with Crippen molar-refractivity contribution in [2.75, 3.05) is 13.7 Å². The van der Waals surface area contributed by atoms with E-state index in [2.05, 4.69) is 10.1 Å². The molecule has 0 radical (unpaired) electrons. The molecule has 0 bridgehead atoms. The van der Waals surface area contributed by atoms with Crippen LogP contribution in [-0.2, 0) is 16.1 Å². The third-order valence-corrected chi connectivity index (χ3v) is 2.84. The molecule has 1 atom stereocenters. The Balaban J connectivity index is 2.49. The van der Waals surface area contributed by atoms with Gasteiger partial charge < -0.3 is 20.5 Å². The summed E-state index contributed by atoms with van der Waals surface area (Å²) >= 11 is 0. The van der Waals surface area contributed by atoms with E-state index in [0.29, 0.717) is 25.0 Å². The Labute approximate surface area is 122 Å². The quantitative estimate of drug-likeness (QED) is 0.680. The fourth-order valence-electron chi connectivity index (χ4n) is 1.75. The highest BCUT2D eigenvalue weighted by atomic mass is 19.3. The third-order valence-electron chi connectivity index (χ3n) is 2.84. The molecule has 0 fully saturated rings. The Morgan fingerprint density at radius 1 is 1.38 bits per heavy atom. The van der Waals surface area contributed by atoms with E-state index in [4.69, 9.17) is 10.5 Å². The molecule has 0 spiro atoms. The molecule has 0 heterocycles. The molecule has 0 aliphatic heterocycles. The van der Waals surface area contributed by atoms with Gasteiger partial charge in [0, 0.05) is 25.8 Å². The standard InChI is InChI=1S/C14H20F2N2O3/c1-20-8-4-6-11(17)13(19)18-9-10-5-2-3-7-12(10)21-14(15)16/h2-3,5,7,11,14H,4,6,8-9,17H2,1H3,(H,18,19). The second-order valence-corrected chi connectivity index (χ2v) is 4.45. The summed E-state index contributed by atoms with van der Waals surface area (Å²) in [4.78, 5) is 11.8. The van der Waals surface area contributed by atoms with Crippen molar-refractivity contribution in [1.29, 1.82) is 0 Å². The van der Waals surface area contributed by atoms with Gasteiger partial charge in [-0.2, -0.15) is 8.78 Å². The van der Waals surface area contributed by atoms with E-state index >= 15 is 0 Å². The van der Waals surface area contributed by atoms with Gasteiger partial charge in [-0.15, -0.1) is 0 Å². The number of halogens is 2. The summed E-state index contributed by atoms with van der Waals surface area (Å²) in [5.41, 5.74) is 6.19. The van der Waals surface area contributed by atoms with Gasteiger partial charge in [0.25, 0.3) is 0 Å². The van der Waals surface area contributed by atoms with E-state index in [9.17, 15) is 13.6 Å². The van der Waals surface area contributed by atoms with Crippen LogP contribution >= 0.6 is 0 Å². The first-order chi connectivity index (χ1) is 10.0. The van der Waals surface area contributed by atoms with Crippen LogP contribution in [0, 0.1) is 0 Å². The van der Waals surface area contributed by atoms with E-state index in [0.717, 1.165) is 0 Å². The number of methoxy groups -OCH3 is 1. The molecule has 0 saturated carbocycles. The Bertz CT molecular complexity index is 444. The third kappa shape index (κ3) is 6.50. The second-order valence-electron chi connectivity index (χ2n) is 4.45. The number of nitrogens with two attached hydrogens (primary N) is 1. The molecule has 0 aromatic heterocycles. The number of carbonyl (C=O) groups is 1. The monoisotopic (exact) mass is 302 g/mol. The van der Waals surface area contributed by atoms with Gasteiger partial charge in [-0.3, -0.25) is 4.79 Å². The summed E-state index contributed by atoms with van der Waals surface area (Å²) in [6.07, 6.45) is 1.17. The van der Waals surface area contributed by atoms with Crippen LogP contribution in [0.5, 0.6) is 5.75 Å². The first-order valence-corrected chi connectivity index (χ1v) is 6.59. The first-order valence-electron chi connectivity index (χ1n) is 6.59. The highest BCUT2D eigenvalue weighted by Gasteiger charge is 2.14. The molecule has 21 heavy (non-hydrogen) atoms. The predicted octanol–water partition coefficient (Wildman–Crippen LogP) is 1.66. The van der Waals surface area contributed by atoms with Crippen molar-refractivity contribution in [2.24, 2.45) is 5.73 Å². The van der Waals surface area contributed by atoms with Crippen LogP contribution in [-0.4, -0.2) is 32.3 Å². The average Bonchev–Trinajstić information content (AvgIpc) is 2.45. The maximum Gasteiger partial charge on any atom is 0.387 e. The molecule has 1 rings (SSSR count). The topological polar surface area (TPSA) is 73.6 Å². The van der Waals surface area contributed by atoms with Crippen molar-refractivity contribution in [3.63, 3.8) is 0 Å². The number of rotatable bonds is 9. The lowest BCUT2D eigenvalue weighted by Crippen LogP contribution is -2.40. The molecule has 1 unspecified atom stereocenters. The number of hydrogen-bond donors (Lipinski definition) is 2. The molecule has 0 aliphatic carbocycles. The Hall–Kier alpha value is -1.73. The van der Waals surface area contributed by atoms with Gasteiger partial charge in [0.15, 0.2) is 0 Å². The number of hydrogen-bond acceptors (Lipinski definition) is 4. The van der Waals surface area contributed by atoms with Crippen LogP contribution in [0.1, 0.15) is 18.4 Å². The SMILES string of the molecule is COCCCC(N)C(=O)NCc1ccccc1OC(F)F. The number of carbonyl (C=O) groups excluding carboxylic acids is 1. The summed E-state index contributed by atoms with van der Waals surface area (Å²) in [7, 11) is 1.57. The lowest BCUT2D eigenvalue weighted by atomic mass is 10.1. The van der Waals surface area contributed by atoms with Crippen molar-refractivity contribution >= 4 is 5.91 Å². The number of para-hydroxylation sites is 1. The number of alkyl halides is 2. The molecular formula is C14H20F2N2O3. The van der Waals surface area contributed by atoms with Crippen LogP contribution in [0.3, 0.4) is 0 Å². The molecular weight excluding hydrogens is 282 g/mol. The van der Waals surface area contributed by atoms with Crippen molar-refractivity contribution in [3.8, 4) is 5.75 Å². The van der Waals surface area contributed by atoms with Gasteiger partial charge in [-0.25, -0.2) is 0 Å². The first kappa shape index (κ1) is 17.3. The molecule has 0 aliphatic rings. The predicted molar refractivity (Wildman–Crippen MR) is 74.0 cm³/mol. The molecule has 7 heteroatoms. The number of ether oxygens (including phenoxy) is 2. The zero-order chi connectivity index (χ0) is 15.7. The highest BCUT2D eigenvalue weighted by Crippen LogP contribution is 2.19. The molecule has 1 amide bonds. The van der Waals surface area contributed by atoms with E-state index in [-0.39, 0.29) is 18.2 Å². The summed E-state index contributed by atoms with van der Waals surface area (Å²) in [5.74, 6) is -0.293. The van der Waals surface area contributed by atoms with Gasteiger partial charge in [0.2, 0.25) is 5.91 Å². The average molecular weight is 302 g/mol. The van der Waals surface area contributed by atoms with Crippen molar-refractivity contribution in [3.05, 3.63) is 29.8 Å². The summed E-state index contributed by atoms with van der Waals surface area (Å²) < 4.78 is 33.8. The maximum atomic E-state index is 12.3.